The molecule has 0 aliphatic rings. The average molecular weight is 651 g/mol. The largest absolute Gasteiger partial charge is 0.309 e. The van der Waals surface area contributed by atoms with Gasteiger partial charge < -0.3 is 9.13 Å². The summed E-state index contributed by atoms with van der Waals surface area (Å²) in [6, 6.07) is 63.4. The predicted octanol–water partition coefficient (Wildman–Crippen LogP) is 12.0. The molecule has 11 aromatic rings. The highest BCUT2D eigenvalue weighted by Crippen LogP contribution is 2.43. The van der Waals surface area contributed by atoms with Crippen molar-refractivity contribution < 1.29 is 0 Å². The van der Waals surface area contributed by atoms with Crippen molar-refractivity contribution in [1.82, 2.24) is 18.7 Å². The zero-order valence-electron chi connectivity index (χ0n) is 27.6. The highest BCUT2D eigenvalue weighted by molar-refractivity contribution is 6.29. The van der Waals surface area contributed by atoms with Crippen molar-refractivity contribution >= 4 is 65.5 Å². The van der Waals surface area contributed by atoms with Gasteiger partial charge in [0.1, 0.15) is 5.65 Å². The molecule has 0 aliphatic carbocycles. The van der Waals surface area contributed by atoms with Gasteiger partial charge in [-0.3, -0.25) is 4.57 Å². The summed E-state index contributed by atoms with van der Waals surface area (Å²) in [6.07, 6.45) is 1.88. The molecule has 0 unspecified atom stereocenters. The maximum atomic E-state index is 4.85. The quantitative estimate of drug-likeness (QED) is 0.186. The molecule has 0 saturated heterocycles. The first-order valence-electron chi connectivity index (χ1n) is 17.4. The summed E-state index contributed by atoms with van der Waals surface area (Å²) < 4.78 is 7.12. The average Bonchev–Trinajstić information content (AvgIpc) is 3.84. The van der Waals surface area contributed by atoms with E-state index in [4.69, 9.17) is 4.98 Å². The smallest absolute Gasteiger partial charge is 0.145 e. The van der Waals surface area contributed by atoms with Crippen molar-refractivity contribution in [2.75, 3.05) is 0 Å². The first-order chi connectivity index (χ1) is 25.3. The van der Waals surface area contributed by atoms with Gasteiger partial charge in [0.15, 0.2) is 0 Å². The van der Waals surface area contributed by atoms with Gasteiger partial charge in [-0.1, -0.05) is 97.1 Å². The van der Waals surface area contributed by atoms with Crippen molar-refractivity contribution in [2.24, 2.45) is 0 Å². The summed E-state index contributed by atoms with van der Waals surface area (Å²) in [7, 11) is 0. The van der Waals surface area contributed by atoms with Crippen molar-refractivity contribution in [2.45, 2.75) is 0 Å². The van der Waals surface area contributed by atoms with Gasteiger partial charge in [-0.05, 0) is 90.0 Å². The van der Waals surface area contributed by atoms with Crippen LogP contribution < -0.4 is 0 Å². The van der Waals surface area contributed by atoms with E-state index in [1.54, 1.807) is 0 Å². The Morgan fingerprint density at radius 3 is 1.49 bits per heavy atom. The van der Waals surface area contributed by atoms with Crippen LogP contribution in [-0.4, -0.2) is 18.7 Å². The topological polar surface area (TPSA) is 27.7 Å². The number of hydrogen-bond donors (Lipinski definition) is 0. The van der Waals surface area contributed by atoms with E-state index in [2.05, 4.69) is 184 Å². The lowest BCUT2D eigenvalue weighted by Crippen LogP contribution is -1.96. The molecule has 4 heteroatoms. The summed E-state index contributed by atoms with van der Waals surface area (Å²) in [4.78, 5) is 4.85. The van der Waals surface area contributed by atoms with Crippen LogP contribution in [0.5, 0.6) is 0 Å². The molecule has 0 aliphatic heterocycles. The van der Waals surface area contributed by atoms with Crippen LogP contribution in [0.15, 0.2) is 182 Å². The Hall–Kier alpha value is -6.91. The van der Waals surface area contributed by atoms with Gasteiger partial charge in [0.25, 0.3) is 0 Å². The minimum atomic E-state index is 0.962. The molecule has 4 nitrogen and oxygen atoms in total. The maximum Gasteiger partial charge on any atom is 0.145 e. The second-order valence-corrected chi connectivity index (χ2v) is 13.2. The molecule has 0 N–H and O–H groups in total. The molecular weight excluding hydrogens is 621 g/mol. The number of pyridine rings is 1. The second-order valence-electron chi connectivity index (χ2n) is 13.2. The van der Waals surface area contributed by atoms with E-state index >= 15 is 0 Å². The number of aromatic nitrogens is 4. The van der Waals surface area contributed by atoms with E-state index in [1.165, 1.54) is 60.1 Å². The molecule has 0 radical (unpaired) electrons. The van der Waals surface area contributed by atoms with E-state index in [9.17, 15) is 0 Å². The number of nitrogens with zero attached hydrogens (tertiary/aromatic N) is 4. The van der Waals surface area contributed by atoms with Gasteiger partial charge in [-0.2, -0.15) is 0 Å². The van der Waals surface area contributed by atoms with Gasteiger partial charge in [0.05, 0.1) is 27.6 Å². The molecular formula is C47H30N4. The molecule has 0 atom stereocenters. The van der Waals surface area contributed by atoms with Gasteiger partial charge in [-0.15, -0.1) is 0 Å². The Balaban J connectivity index is 1.18. The lowest BCUT2D eigenvalue weighted by Gasteiger charge is -2.11. The molecule has 0 amide bonds. The minimum absolute atomic E-state index is 0.962. The molecule has 0 fully saturated rings. The lowest BCUT2D eigenvalue weighted by atomic mass is 10.1. The highest BCUT2D eigenvalue weighted by atomic mass is 15.1. The monoisotopic (exact) mass is 650 g/mol. The Kier molecular flexibility index (Phi) is 5.92. The zero-order valence-corrected chi connectivity index (χ0v) is 27.6. The van der Waals surface area contributed by atoms with Crippen LogP contribution in [0.2, 0.25) is 0 Å². The third kappa shape index (κ3) is 4.05. The third-order valence-electron chi connectivity index (χ3n) is 10.5. The normalized spacial score (nSPS) is 11.9. The standard InChI is InChI=1S/C47H30N4/c1-3-12-31(13-4-1)32-21-23-34(24-22-32)49-40-19-9-7-16-37(40)45-43(49)27-28-44-46(45)38-17-8-10-20-41(38)50(44)35-25-26-42-39(30-35)36-18-11-29-48-47(36)51(42)33-14-5-2-6-15-33/h1-30H. The Morgan fingerprint density at radius 2 is 0.804 bits per heavy atom. The summed E-state index contributed by atoms with van der Waals surface area (Å²) in [5.41, 5.74) is 12.7. The first kappa shape index (κ1) is 28.0. The third-order valence-corrected chi connectivity index (χ3v) is 10.5. The van der Waals surface area contributed by atoms with E-state index in [0.29, 0.717) is 0 Å². The van der Waals surface area contributed by atoms with Crippen LogP contribution >= 0.6 is 0 Å². The number of benzene rings is 7. The van der Waals surface area contributed by atoms with Crippen molar-refractivity contribution in [3.8, 4) is 28.2 Å². The number of fused-ring (bicyclic) bond motifs is 10. The van der Waals surface area contributed by atoms with E-state index in [-0.39, 0.29) is 0 Å². The minimum Gasteiger partial charge on any atom is -0.309 e. The van der Waals surface area contributed by atoms with E-state index < -0.39 is 0 Å². The first-order valence-corrected chi connectivity index (χ1v) is 17.4. The van der Waals surface area contributed by atoms with Crippen LogP contribution in [0.3, 0.4) is 0 Å². The van der Waals surface area contributed by atoms with Crippen LogP contribution in [-0.2, 0) is 0 Å². The fraction of sp³-hybridized carbons (Fsp3) is 0. The van der Waals surface area contributed by atoms with Crippen LogP contribution in [0.25, 0.3) is 93.7 Å². The van der Waals surface area contributed by atoms with Crippen LogP contribution in [0.4, 0.5) is 0 Å². The zero-order chi connectivity index (χ0) is 33.5. The highest BCUT2D eigenvalue weighted by Gasteiger charge is 2.21. The fourth-order valence-corrected chi connectivity index (χ4v) is 8.32. The molecule has 4 heterocycles. The number of hydrogen-bond acceptors (Lipinski definition) is 1. The predicted molar refractivity (Wildman–Crippen MR) is 213 cm³/mol. The van der Waals surface area contributed by atoms with Crippen molar-refractivity contribution in [1.29, 1.82) is 0 Å². The maximum absolute atomic E-state index is 4.85. The van der Waals surface area contributed by atoms with Gasteiger partial charge in [0.2, 0.25) is 0 Å². The SMILES string of the molecule is c1ccc(-c2ccc(-n3c4ccccc4c4c5c6ccccc6n(-c6ccc7c(c6)c6cccnc6n7-c6ccccc6)c5ccc43)cc2)cc1. The fourth-order valence-electron chi connectivity index (χ4n) is 8.32. The second kappa shape index (κ2) is 10.8. The van der Waals surface area contributed by atoms with Gasteiger partial charge in [0, 0.05) is 55.6 Å². The van der Waals surface area contributed by atoms with Gasteiger partial charge >= 0.3 is 0 Å². The molecule has 51 heavy (non-hydrogen) atoms. The summed E-state index contributed by atoms with van der Waals surface area (Å²) in [5.74, 6) is 0. The Labute approximate surface area is 293 Å². The van der Waals surface area contributed by atoms with Crippen molar-refractivity contribution in [3.63, 3.8) is 0 Å². The molecule has 0 bridgehead atoms. The molecule has 4 aromatic heterocycles. The van der Waals surface area contributed by atoms with Crippen LogP contribution in [0, 0.1) is 0 Å². The van der Waals surface area contributed by atoms with Gasteiger partial charge in [-0.25, -0.2) is 4.98 Å². The Bertz CT molecular complexity index is 3110. The van der Waals surface area contributed by atoms with Crippen molar-refractivity contribution in [3.05, 3.63) is 182 Å². The molecule has 0 spiro atoms. The van der Waals surface area contributed by atoms with E-state index in [1.807, 2.05) is 12.3 Å². The van der Waals surface area contributed by atoms with E-state index in [0.717, 1.165) is 33.6 Å². The number of para-hydroxylation sites is 3. The summed E-state index contributed by atoms with van der Waals surface area (Å²) in [6.45, 7) is 0. The lowest BCUT2D eigenvalue weighted by molar-refractivity contribution is 1.13. The number of rotatable bonds is 4. The summed E-state index contributed by atoms with van der Waals surface area (Å²) in [5, 5.41) is 7.36. The molecule has 7 aromatic carbocycles. The molecule has 11 rings (SSSR count). The molecule has 0 saturated carbocycles. The Morgan fingerprint density at radius 1 is 0.314 bits per heavy atom. The van der Waals surface area contributed by atoms with Crippen LogP contribution in [0.1, 0.15) is 0 Å². The summed E-state index contributed by atoms with van der Waals surface area (Å²) >= 11 is 0. The molecule has 238 valence electrons.